The number of nitrogens with zero attached hydrogens (tertiary/aromatic N) is 1. The molecular weight excluding hydrogens is 222 g/mol. The second-order valence-electron chi connectivity index (χ2n) is 3.92. The lowest BCUT2D eigenvalue weighted by atomic mass is 10.2. The van der Waals surface area contributed by atoms with E-state index < -0.39 is 0 Å². The number of nitrogen functional groups attached to an aromatic ring is 1. The van der Waals surface area contributed by atoms with Crippen molar-refractivity contribution in [3.8, 4) is 0 Å². The highest BCUT2D eigenvalue weighted by molar-refractivity contribution is 8.00. The van der Waals surface area contributed by atoms with Crippen LogP contribution in [0.2, 0.25) is 0 Å². The number of aryl methyl sites for hydroxylation is 1. The van der Waals surface area contributed by atoms with Gasteiger partial charge in [-0.05, 0) is 37.1 Å². The van der Waals surface area contributed by atoms with Crippen LogP contribution in [0.3, 0.4) is 0 Å². The SMILES string of the molecule is Cc1cc(NC(=O)C2CCCS2)ncc1N. The van der Waals surface area contributed by atoms with Gasteiger partial charge in [0.15, 0.2) is 0 Å². The van der Waals surface area contributed by atoms with E-state index in [1.807, 2.05) is 6.92 Å². The minimum Gasteiger partial charge on any atom is -0.397 e. The average Bonchev–Trinajstić information content (AvgIpc) is 2.77. The monoisotopic (exact) mass is 237 g/mol. The van der Waals surface area contributed by atoms with Crippen LogP contribution in [0.15, 0.2) is 12.3 Å². The van der Waals surface area contributed by atoms with Crippen molar-refractivity contribution in [2.24, 2.45) is 0 Å². The maximum Gasteiger partial charge on any atom is 0.238 e. The Morgan fingerprint density at radius 1 is 1.69 bits per heavy atom. The third-order valence-electron chi connectivity index (χ3n) is 2.62. The summed E-state index contributed by atoms with van der Waals surface area (Å²) in [6.07, 6.45) is 3.66. The van der Waals surface area contributed by atoms with Crippen molar-refractivity contribution in [1.82, 2.24) is 4.98 Å². The lowest BCUT2D eigenvalue weighted by Crippen LogP contribution is -2.23. The molecule has 1 aliphatic heterocycles. The van der Waals surface area contributed by atoms with Crippen LogP contribution in [0, 0.1) is 6.92 Å². The zero-order valence-corrected chi connectivity index (χ0v) is 10.0. The Morgan fingerprint density at radius 2 is 2.50 bits per heavy atom. The van der Waals surface area contributed by atoms with E-state index in [-0.39, 0.29) is 11.2 Å². The minimum atomic E-state index is 0.0548. The second-order valence-corrected chi connectivity index (χ2v) is 5.23. The molecule has 1 fully saturated rings. The molecule has 0 aliphatic carbocycles. The Hall–Kier alpha value is -1.23. The van der Waals surface area contributed by atoms with Crippen LogP contribution >= 0.6 is 11.8 Å². The number of rotatable bonds is 2. The summed E-state index contributed by atoms with van der Waals surface area (Å²) in [5.41, 5.74) is 7.24. The molecule has 0 bridgehead atoms. The van der Waals surface area contributed by atoms with Crippen LogP contribution in [0.4, 0.5) is 11.5 Å². The summed E-state index contributed by atoms with van der Waals surface area (Å²) in [4.78, 5) is 15.9. The molecule has 1 aromatic rings. The van der Waals surface area contributed by atoms with Crippen LogP contribution in [0.1, 0.15) is 18.4 Å². The van der Waals surface area contributed by atoms with Gasteiger partial charge in [-0.2, -0.15) is 0 Å². The molecular formula is C11H15N3OS. The minimum absolute atomic E-state index is 0.0548. The van der Waals surface area contributed by atoms with E-state index in [9.17, 15) is 4.79 Å². The molecule has 86 valence electrons. The van der Waals surface area contributed by atoms with Crippen LogP contribution in [0.5, 0.6) is 0 Å². The molecule has 1 unspecified atom stereocenters. The number of hydrogen-bond donors (Lipinski definition) is 2. The highest BCUT2D eigenvalue weighted by atomic mass is 32.2. The first-order valence-electron chi connectivity index (χ1n) is 5.31. The Bertz CT molecular complexity index is 402. The Labute approximate surface area is 99.0 Å². The number of carbonyl (C=O) groups is 1. The van der Waals surface area contributed by atoms with Gasteiger partial charge in [-0.25, -0.2) is 4.98 Å². The van der Waals surface area contributed by atoms with E-state index in [0.717, 1.165) is 24.2 Å². The number of pyridine rings is 1. The Balaban J connectivity index is 2.02. The molecule has 1 aromatic heterocycles. The third-order valence-corrected chi connectivity index (χ3v) is 4.00. The van der Waals surface area contributed by atoms with Crippen molar-refractivity contribution >= 4 is 29.2 Å². The van der Waals surface area contributed by atoms with Crippen molar-refractivity contribution in [3.63, 3.8) is 0 Å². The second kappa shape index (κ2) is 4.74. The molecule has 1 amide bonds. The molecule has 4 nitrogen and oxygen atoms in total. The summed E-state index contributed by atoms with van der Waals surface area (Å²) in [6.45, 7) is 1.90. The quantitative estimate of drug-likeness (QED) is 0.823. The maximum absolute atomic E-state index is 11.8. The van der Waals surface area contributed by atoms with Gasteiger partial charge in [0.2, 0.25) is 5.91 Å². The first kappa shape index (κ1) is 11.3. The number of thioether (sulfide) groups is 1. The average molecular weight is 237 g/mol. The molecule has 2 rings (SSSR count). The molecule has 1 atom stereocenters. The number of aromatic nitrogens is 1. The number of hydrogen-bond acceptors (Lipinski definition) is 4. The highest BCUT2D eigenvalue weighted by Crippen LogP contribution is 2.27. The third kappa shape index (κ3) is 2.47. The first-order chi connectivity index (χ1) is 7.66. The first-order valence-corrected chi connectivity index (χ1v) is 6.36. The van der Waals surface area contributed by atoms with Gasteiger partial charge in [-0.3, -0.25) is 4.79 Å². The molecule has 0 aromatic carbocycles. The standard InChI is InChI=1S/C11H15N3OS/c1-7-5-10(13-6-8(7)12)14-11(15)9-3-2-4-16-9/h5-6,9H,2-4,12H2,1H3,(H,13,14,15). The Morgan fingerprint density at radius 3 is 3.12 bits per heavy atom. The van der Waals surface area contributed by atoms with Gasteiger partial charge in [-0.1, -0.05) is 0 Å². The highest BCUT2D eigenvalue weighted by Gasteiger charge is 2.23. The summed E-state index contributed by atoms with van der Waals surface area (Å²) in [5.74, 6) is 1.72. The molecule has 0 saturated carbocycles. The zero-order valence-electron chi connectivity index (χ0n) is 9.19. The van der Waals surface area contributed by atoms with Crippen LogP contribution in [-0.2, 0) is 4.79 Å². The van der Waals surface area contributed by atoms with Gasteiger partial charge in [0.25, 0.3) is 0 Å². The van der Waals surface area contributed by atoms with Gasteiger partial charge < -0.3 is 11.1 Å². The topological polar surface area (TPSA) is 68.0 Å². The number of amides is 1. The van der Waals surface area contributed by atoms with Crippen molar-refractivity contribution in [1.29, 1.82) is 0 Å². The van der Waals surface area contributed by atoms with E-state index in [4.69, 9.17) is 5.73 Å². The number of carbonyl (C=O) groups excluding carboxylic acids is 1. The van der Waals surface area contributed by atoms with Crippen molar-refractivity contribution in [2.45, 2.75) is 25.0 Å². The molecule has 5 heteroatoms. The number of anilines is 2. The zero-order chi connectivity index (χ0) is 11.5. The normalized spacial score (nSPS) is 19.7. The summed E-state index contributed by atoms with van der Waals surface area (Å²) in [7, 11) is 0. The summed E-state index contributed by atoms with van der Waals surface area (Å²) in [5, 5.41) is 2.91. The van der Waals surface area contributed by atoms with Gasteiger partial charge in [0.05, 0.1) is 17.1 Å². The molecule has 1 saturated heterocycles. The predicted molar refractivity (Wildman–Crippen MR) is 67.5 cm³/mol. The molecule has 0 radical (unpaired) electrons. The lowest BCUT2D eigenvalue weighted by molar-refractivity contribution is -0.115. The van der Waals surface area contributed by atoms with Crippen LogP contribution in [0.25, 0.3) is 0 Å². The molecule has 2 heterocycles. The number of nitrogens with two attached hydrogens (primary N) is 1. The largest absolute Gasteiger partial charge is 0.397 e. The molecule has 0 spiro atoms. The van der Waals surface area contributed by atoms with E-state index in [0.29, 0.717) is 11.5 Å². The fourth-order valence-corrected chi connectivity index (χ4v) is 2.79. The smallest absolute Gasteiger partial charge is 0.238 e. The van der Waals surface area contributed by atoms with Gasteiger partial charge in [0.1, 0.15) is 5.82 Å². The summed E-state index contributed by atoms with van der Waals surface area (Å²) in [6, 6.07) is 1.80. The van der Waals surface area contributed by atoms with Crippen molar-refractivity contribution < 1.29 is 4.79 Å². The van der Waals surface area contributed by atoms with Gasteiger partial charge in [0, 0.05) is 0 Å². The summed E-state index contributed by atoms with van der Waals surface area (Å²) < 4.78 is 0. The fraction of sp³-hybridized carbons (Fsp3) is 0.455. The van der Waals surface area contributed by atoms with E-state index in [1.165, 1.54) is 0 Å². The fourth-order valence-electron chi connectivity index (χ4n) is 1.63. The summed E-state index contributed by atoms with van der Waals surface area (Å²) >= 11 is 1.71. The van der Waals surface area contributed by atoms with E-state index in [2.05, 4.69) is 10.3 Å². The predicted octanol–water partition coefficient (Wildman–Crippen LogP) is 1.81. The van der Waals surface area contributed by atoms with Crippen LogP contribution in [-0.4, -0.2) is 21.9 Å². The van der Waals surface area contributed by atoms with Crippen molar-refractivity contribution in [3.05, 3.63) is 17.8 Å². The molecule has 1 aliphatic rings. The molecule has 16 heavy (non-hydrogen) atoms. The molecule has 3 N–H and O–H groups in total. The van der Waals surface area contributed by atoms with Crippen molar-refractivity contribution in [2.75, 3.05) is 16.8 Å². The number of nitrogens with one attached hydrogen (secondary N) is 1. The van der Waals surface area contributed by atoms with Crippen LogP contribution < -0.4 is 11.1 Å². The maximum atomic E-state index is 11.8. The van der Waals surface area contributed by atoms with E-state index in [1.54, 1.807) is 24.0 Å². The lowest BCUT2D eigenvalue weighted by Gasteiger charge is -2.10. The Kier molecular flexibility index (Phi) is 3.33. The van der Waals surface area contributed by atoms with E-state index >= 15 is 0 Å². The van der Waals surface area contributed by atoms with Gasteiger partial charge >= 0.3 is 0 Å². The van der Waals surface area contributed by atoms with Gasteiger partial charge in [-0.15, -0.1) is 11.8 Å².